The zero-order valence-corrected chi connectivity index (χ0v) is 10.8. The second kappa shape index (κ2) is 4.93. The van der Waals surface area contributed by atoms with Gasteiger partial charge in [0.25, 0.3) is 0 Å². The number of aromatic nitrogens is 1. The van der Waals surface area contributed by atoms with Crippen LogP contribution in [0.5, 0.6) is 0 Å². The number of esters is 1. The van der Waals surface area contributed by atoms with E-state index in [1.165, 1.54) is 13.3 Å². The summed E-state index contributed by atoms with van der Waals surface area (Å²) in [5.41, 5.74) is 0.413. The molecular weight excluding hydrogens is 256 g/mol. The van der Waals surface area contributed by atoms with Gasteiger partial charge >= 0.3 is 5.97 Å². The number of nitrogens with zero attached hydrogens (tertiary/aromatic N) is 2. The van der Waals surface area contributed by atoms with E-state index in [2.05, 4.69) is 9.72 Å². The maximum Gasteiger partial charge on any atom is 0.338 e. The number of hydrogen-bond donors (Lipinski definition) is 0. The van der Waals surface area contributed by atoms with E-state index in [0.717, 1.165) is 0 Å². The monoisotopic (exact) mass is 270 g/mol. The van der Waals surface area contributed by atoms with Gasteiger partial charge in [-0.25, -0.2) is 18.2 Å². The molecular formula is C11H14N2O4S. The maximum absolute atomic E-state index is 11.4. The molecule has 18 heavy (non-hydrogen) atoms. The van der Waals surface area contributed by atoms with Crippen molar-refractivity contribution in [3.63, 3.8) is 0 Å². The van der Waals surface area contributed by atoms with Gasteiger partial charge in [-0.3, -0.25) is 0 Å². The fraction of sp³-hybridized carbons (Fsp3) is 0.455. The van der Waals surface area contributed by atoms with Crippen molar-refractivity contribution in [2.24, 2.45) is 0 Å². The van der Waals surface area contributed by atoms with Crippen LogP contribution < -0.4 is 4.90 Å². The molecule has 0 unspecified atom stereocenters. The van der Waals surface area contributed by atoms with E-state index in [4.69, 9.17) is 0 Å². The van der Waals surface area contributed by atoms with Crippen molar-refractivity contribution in [1.82, 2.24) is 4.98 Å². The molecule has 1 aliphatic heterocycles. The molecule has 1 aliphatic rings. The third kappa shape index (κ3) is 2.79. The predicted molar refractivity (Wildman–Crippen MR) is 66.4 cm³/mol. The minimum atomic E-state index is -2.92. The quantitative estimate of drug-likeness (QED) is 0.710. The van der Waals surface area contributed by atoms with Crippen molar-refractivity contribution in [3.8, 4) is 0 Å². The third-order valence-electron chi connectivity index (χ3n) is 2.84. The number of carbonyl (C=O) groups is 1. The number of rotatable bonds is 2. The number of hydrogen-bond acceptors (Lipinski definition) is 6. The van der Waals surface area contributed by atoms with Crippen LogP contribution in [0, 0.1) is 0 Å². The van der Waals surface area contributed by atoms with Crippen molar-refractivity contribution in [3.05, 3.63) is 23.9 Å². The lowest BCUT2D eigenvalue weighted by Crippen LogP contribution is -2.40. The first-order chi connectivity index (χ1) is 8.52. The highest BCUT2D eigenvalue weighted by Gasteiger charge is 2.22. The average molecular weight is 270 g/mol. The number of methoxy groups -OCH3 is 1. The lowest BCUT2D eigenvalue weighted by atomic mass is 10.2. The van der Waals surface area contributed by atoms with E-state index >= 15 is 0 Å². The van der Waals surface area contributed by atoms with Gasteiger partial charge in [0.1, 0.15) is 5.82 Å². The van der Waals surface area contributed by atoms with Crippen molar-refractivity contribution in [2.45, 2.75) is 0 Å². The second-order valence-electron chi connectivity index (χ2n) is 4.03. The SMILES string of the molecule is COC(=O)c1ccnc(N2CCS(=O)(=O)CC2)c1. The Hall–Kier alpha value is -1.63. The molecule has 7 heteroatoms. The molecule has 6 nitrogen and oxygen atoms in total. The number of sulfone groups is 1. The summed E-state index contributed by atoms with van der Waals surface area (Å²) in [6.45, 7) is 0.805. The van der Waals surface area contributed by atoms with Gasteiger partial charge in [-0.1, -0.05) is 0 Å². The molecule has 2 heterocycles. The van der Waals surface area contributed by atoms with Crippen LogP contribution in [0.15, 0.2) is 18.3 Å². The summed E-state index contributed by atoms with van der Waals surface area (Å²) in [6, 6.07) is 3.18. The van der Waals surface area contributed by atoms with Crippen LogP contribution >= 0.6 is 0 Å². The zero-order chi connectivity index (χ0) is 13.2. The van der Waals surface area contributed by atoms with Crippen LogP contribution in [0.1, 0.15) is 10.4 Å². The highest BCUT2D eigenvalue weighted by Crippen LogP contribution is 2.16. The lowest BCUT2D eigenvalue weighted by Gasteiger charge is -2.27. The normalized spacial score (nSPS) is 18.4. The van der Waals surface area contributed by atoms with Gasteiger partial charge in [-0.2, -0.15) is 0 Å². The first-order valence-electron chi connectivity index (χ1n) is 5.51. The molecule has 1 aromatic rings. The van der Waals surface area contributed by atoms with Gasteiger partial charge in [0.15, 0.2) is 9.84 Å². The average Bonchev–Trinajstić information content (AvgIpc) is 2.38. The Bertz CT molecular complexity index is 542. The van der Waals surface area contributed by atoms with Gasteiger partial charge in [-0.15, -0.1) is 0 Å². The third-order valence-corrected chi connectivity index (χ3v) is 4.44. The van der Waals surface area contributed by atoms with Gasteiger partial charge < -0.3 is 9.64 Å². The lowest BCUT2D eigenvalue weighted by molar-refractivity contribution is 0.0600. The summed E-state index contributed by atoms with van der Waals surface area (Å²) in [5.74, 6) is 0.421. The Morgan fingerprint density at radius 3 is 2.67 bits per heavy atom. The predicted octanol–water partition coefficient (Wildman–Crippen LogP) is 0.103. The Kier molecular flexibility index (Phi) is 3.51. The van der Waals surface area contributed by atoms with Crippen molar-refractivity contribution in [1.29, 1.82) is 0 Å². The molecule has 0 bridgehead atoms. The molecule has 0 aliphatic carbocycles. The smallest absolute Gasteiger partial charge is 0.338 e. The van der Waals surface area contributed by atoms with Crippen molar-refractivity contribution < 1.29 is 17.9 Å². The Morgan fingerprint density at radius 1 is 1.39 bits per heavy atom. The number of pyridine rings is 1. The summed E-state index contributed by atoms with van der Waals surface area (Å²) >= 11 is 0. The summed E-state index contributed by atoms with van der Waals surface area (Å²) in [5, 5.41) is 0. The molecule has 0 amide bonds. The molecule has 0 aromatic carbocycles. The van der Waals surface area contributed by atoms with E-state index in [1.54, 1.807) is 12.1 Å². The highest BCUT2D eigenvalue weighted by atomic mass is 32.2. The molecule has 2 rings (SSSR count). The van der Waals surface area contributed by atoms with E-state index in [1.807, 2.05) is 4.90 Å². The molecule has 1 fully saturated rings. The van der Waals surface area contributed by atoms with Crippen molar-refractivity contribution in [2.75, 3.05) is 36.6 Å². The molecule has 1 saturated heterocycles. The highest BCUT2D eigenvalue weighted by molar-refractivity contribution is 7.91. The van der Waals surface area contributed by atoms with Crippen LogP contribution in [0.3, 0.4) is 0 Å². The fourth-order valence-corrected chi connectivity index (χ4v) is 2.98. The van der Waals surface area contributed by atoms with Crippen molar-refractivity contribution >= 4 is 21.6 Å². The van der Waals surface area contributed by atoms with Gasteiger partial charge in [0.05, 0.1) is 24.2 Å². The van der Waals surface area contributed by atoms with Crippen LogP contribution in [0.4, 0.5) is 5.82 Å². The van der Waals surface area contributed by atoms with Crippen LogP contribution in [0.2, 0.25) is 0 Å². The topological polar surface area (TPSA) is 76.6 Å². The molecule has 0 N–H and O–H groups in total. The number of carbonyl (C=O) groups excluding carboxylic acids is 1. The minimum absolute atomic E-state index is 0.122. The molecule has 0 radical (unpaired) electrons. The molecule has 1 aromatic heterocycles. The Balaban J connectivity index is 2.17. The fourth-order valence-electron chi connectivity index (χ4n) is 1.78. The summed E-state index contributed by atoms with van der Waals surface area (Å²) in [6.07, 6.45) is 1.52. The summed E-state index contributed by atoms with van der Waals surface area (Å²) in [4.78, 5) is 17.4. The van der Waals surface area contributed by atoms with Gasteiger partial charge in [-0.05, 0) is 12.1 Å². The first kappa shape index (κ1) is 12.8. The summed E-state index contributed by atoms with van der Waals surface area (Å²) < 4.78 is 27.3. The van der Waals surface area contributed by atoms with Crippen LogP contribution in [0.25, 0.3) is 0 Å². The number of ether oxygens (including phenoxy) is 1. The summed E-state index contributed by atoms with van der Waals surface area (Å²) in [7, 11) is -1.60. The Labute approximate surface area is 105 Å². The van der Waals surface area contributed by atoms with E-state index in [0.29, 0.717) is 24.5 Å². The van der Waals surface area contributed by atoms with Gasteiger partial charge in [0, 0.05) is 19.3 Å². The zero-order valence-electron chi connectivity index (χ0n) is 10.00. The standard InChI is InChI=1S/C11H14N2O4S/c1-17-11(14)9-2-3-12-10(8-9)13-4-6-18(15,16)7-5-13/h2-3,8H,4-7H2,1H3. The van der Waals surface area contributed by atoms with Crippen LogP contribution in [-0.4, -0.2) is 51.1 Å². The first-order valence-corrected chi connectivity index (χ1v) is 7.34. The van der Waals surface area contributed by atoms with E-state index < -0.39 is 15.8 Å². The molecule has 98 valence electrons. The second-order valence-corrected chi connectivity index (χ2v) is 6.34. The Morgan fingerprint density at radius 2 is 2.06 bits per heavy atom. The maximum atomic E-state index is 11.4. The largest absolute Gasteiger partial charge is 0.465 e. The molecule has 0 saturated carbocycles. The van der Waals surface area contributed by atoms with Gasteiger partial charge in [0.2, 0.25) is 0 Å². The van der Waals surface area contributed by atoms with Crippen LogP contribution in [-0.2, 0) is 14.6 Å². The minimum Gasteiger partial charge on any atom is -0.465 e. The molecule has 0 atom stereocenters. The number of anilines is 1. The van der Waals surface area contributed by atoms with E-state index in [9.17, 15) is 13.2 Å². The van der Waals surface area contributed by atoms with E-state index in [-0.39, 0.29) is 11.5 Å². The molecule has 0 spiro atoms.